The Bertz CT molecular complexity index is 1320. The Kier molecular flexibility index (Phi) is 9.80. The van der Waals surface area contributed by atoms with Crippen molar-refractivity contribution in [3.8, 4) is 5.75 Å². The number of nitrogens with one attached hydrogen (secondary N) is 3. The maximum absolute atomic E-state index is 12.5. The van der Waals surface area contributed by atoms with E-state index in [1.807, 2.05) is 38.1 Å². The molecule has 0 radical (unpaired) electrons. The molecule has 3 heterocycles. The normalized spacial score (nSPS) is 16.3. The van der Waals surface area contributed by atoms with Gasteiger partial charge in [0.2, 0.25) is 5.95 Å². The highest BCUT2D eigenvalue weighted by molar-refractivity contribution is 6.33. The number of hydrogen-bond donors (Lipinski definition) is 3. The number of likely N-dealkylation sites (tertiary alicyclic amines) is 1. The fraction of sp³-hybridized carbons (Fsp3) is 0.452. The number of aromatic nitrogens is 2. The van der Waals surface area contributed by atoms with Crippen LogP contribution in [-0.4, -0.2) is 66.1 Å². The number of piperidine rings is 2. The van der Waals surface area contributed by atoms with Crippen LogP contribution in [0.3, 0.4) is 0 Å². The average Bonchev–Trinajstić information content (AvgIpc) is 3.01. The molecular formula is C31H40ClN7O2. The monoisotopic (exact) mass is 577 g/mol. The number of para-hydroxylation sites is 1. The van der Waals surface area contributed by atoms with Crippen molar-refractivity contribution < 1.29 is 9.53 Å². The zero-order valence-corrected chi connectivity index (χ0v) is 24.7. The Hall–Kier alpha value is -3.56. The summed E-state index contributed by atoms with van der Waals surface area (Å²) in [4.78, 5) is 26.7. The summed E-state index contributed by atoms with van der Waals surface area (Å²) in [6.45, 7) is 9.54. The van der Waals surface area contributed by atoms with Crippen LogP contribution in [0.2, 0.25) is 5.02 Å². The van der Waals surface area contributed by atoms with Gasteiger partial charge in [-0.1, -0.05) is 30.2 Å². The average molecular weight is 578 g/mol. The van der Waals surface area contributed by atoms with E-state index in [0.717, 1.165) is 30.2 Å². The molecule has 218 valence electrons. The summed E-state index contributed by atoms with van der Waals surface area (Å²) < 4.78 is 6.03. The summed E-state index contributed by atoms with van der Waals surface area (Å²) >= 11 is 6.44. The number of ether oxygens (including phenoxy) is 1. The van der Waals surface area contributed by atoms with Crippen LogP contribution in [0.25, 0.3) is 0 Å². The molecular weight excluding hydrogens is 538 g/mol. The Labute approximate surface area is 247 Å². The Morgan fingerprint density at radius 2 is 1.78 bits per heavy atom. The van der Waals surface area contributed by atoms with E-state index in [1.165, 1.54) is 51.4 Å². The topological polar surface area (TPSA) is 94.6 Å². The number of benzene rings is 2. The molecule has 1 aromatic heterocycles. The fourth-order valence-electron chi connectivity index (χ4n) is 5.67. The van der Waals surface area contributed by atoms with Crippen LogP contribution >= 0.6 is 11.6 Å². The summed E-state index contributed by atoms with van der Waals surface area (Å²) in [7, 11) is 0. The largest absolute Gasteiger partial charge is 0.492 e. The number of rotatable bonds is 10. The lowest BCUT2D eigenvalue weighted by Crippen LogP contribution is -2.46. The maximum atomic E-state index is 12.5. The van der Waals surface area contributed by atoms with Crippen LogP contribution in [0.1, 0.15) is 56.3 Å². The second-order valence-corrected chi connectivity index (χ2v) is 10.9. The zero-order chi connectivity index (χ0) is 28.6. The number of halogens is 1. The summed E-state index contributed by atoms with van der Waals surface area (Å²) in [6, 6.07) is 14.2. The lowest BCUT2D eigenvalue weighted by atomic mass is 9.99. The predicted molar refractivity (Wildman–Crippen MR) is 166 cm³/mol. The van der Waals surface area contributed by atoms with Crippen molar-refractivity contribution in [2.75, 3.05) is 54.9 Å². The van der Waals surface area contributed by atoms with E-state index >= 15 is 0 Å². The van der Waals surface area contributed by atoms with Crippen LogP contribution < -0.4 is 25.6 Å². The third-order valence-corrected chi connectivity index (χ3v) is 8.03. The van der Waals surface area contributed by atoms with E-state index in [2.05, 4.69) is 47.9 Å². The minimum Gasteiger partial charge on any atom is -0.492 e. The van der Waals surface area contributed by atoms with E-state index in [4.69, 9.17) is 16.3 Å². The van der Waals surface area contributed by atoms with E-state index in [1.54, 1.807) is 6.07 Å². The Morgan fingerprint density at radius 1 is 1.00 bits per heavy atom. The second kappa shape index (κ2) is 13.9. The van der Waals surface area contributed by atoms with Gasteiger partial charge in [-0.25, -0.2) is 4.98 Å². The first-order chi connectivity index (χ1) is 20.1. The molecule has 0 atom stereocenters. The molecule has 2 saturated heterocycles. The van der Waals surface area contributed by atoms with Crippen molar-refractivity contribution in [3.63, 3.8) is 0 Å². The van der Waals surface area contributed by atoms with Gasteiger partial charge in [0, 0.05) is 37.4 Å². The molecule has 3 N–H and O–H groups in total. The highest BCUT2D eigenvalue weighted by Crippen LogP contribution is 2.34. The molecule has 5 rings (SSSR count). The first-order valence-corrected chi connectivity index (χ1v) is 15.1. The maximum Gasteiger partial charge on any atom is 0.253 e. The van der Waals surface area contributed by atoms with Gasteiger partial charge in [-0.15, -0.1) is 0 Å². The molecule has 0 unspecified atom stereocenters. The standard InChI is InChI=1S/C31H40ClN7O2/c1-3-33-30(40)24-10-6-7-11-26(24)35-29-25(32)21-34-31(37-29)36-27-13-12-23(20-28(27)41-4-2)39-18-14-22(15-19-39)38-16-8-5-9-17-38/h6-7,10-13,20-22H,3-5,8-9,14-19H2,1-2H3,(H,33,40)(H2,34,35,36,37). The molecule has 0 saturated carbocycles. The first kappa shape index (κ1) is 29.0. The van der Waals surface area contributed by atoms with Crippen LogP contribution in [0.5, 0.6) is 5.75 Å². The van der Waals surface area contributed by atoms with Gasteiger partial charge in [0.25, 0.3) is 5.91 Å². The summed E-state index contributed by atoms with van der Waals surface area (Å²) in [5.74, 6) is 1.34. The number of anilines is 5. The summed E-state index contributed by atoms with van der Waals surface area (Å²) in [6.07, 6.45) is 7.98. The summed E-state index contributed by atoms with van der Waals surface area (Å²) in [5.41, 5.74) is 3.05. The molecule has 0 aliphatic carbocycles. The van der Waals surface area contributed by atoms with Gasteiger partial charge in [0.05, 0.1) is 29.7 Å². The van der Waals surface area contributed by atoms with Crippen LogP contribution in [-0.2, 0) is 0 Å². The molecule has 2 aliphatic rings. The third kappa shape index (κ3) is 7.21. The SMILES string of the molecule is CCNC(=O)c1ccccc1Nc1nc(Nc2ccc(N3CCC(N4CCCCC4)CC3)cc2OCC)ncc1Cl. The second-order valence-electron chi connectivity index (χ2n) is 10.5. The minimum atomic E-state index is -0.170. The van der Waals surface area contributed by atoms with E-state index in [9.17, 15) is 4.79 Å². The number of carbonyl (C=O) groups excluding carboxylic acids is 1. The summed E-state index contributed by atoms with van der Waals surface area (Å²) in [5, 5.41) is 9.67. The molecule has 2 fully saturated rings. The van der Waals surface area contributed by atoms with Crippen LogP contribution in [0, 0.1) is 0 Å². The lowest BCUT2D eigenvalue weighted by molar-refractivity contribution is 0.0956. The molecule has 3 aromatic rings. The molecule has 0 spiro atoms. The van der Waals surface area contributed by atoms with Gasteiger partial charge in [0.1, 0.15) is 10.8 Å². The van der Waals surface area contributed by atoms with E-state index < -0.39 is 0 Å². The lowest BCUT2D eigenvalue weighted by Gasteiger charge is -2.41. The van der Waals surface area contributed by atoms with Crippen molar-refractivity contribution in [2.24, 2.45) is 0 Å². The van der Waals surface area contributed by atoms with Gasteiger partial charge in [0.15, 0.2) is 5.82 Å². The number of nitrogens with zero attached hydrogens (tertiary/aromatic N) is 4. The molecule has 9 nitrogen and oxygen atoms in total. The molecule has 1 amide bonds. The predicted octanol–water partition coefficient (Wildman–Crippen LogP) is 6.22. The van der Waals surface area contributed by atoms with Gasteiger partial charge in [-0.3, -0.25) is 4.79 Å². The van der Waals surface area contributed by atoms with Gasteiger partial charge < -0.3 is 30.5 Å². The smallest absolute Gasteiger partial charge is 0.253 e. The van der Waals surface area contributed by atoms with Crippen molar-refractivity contribution in [1.82, 2.24) is 20.2 Å². The molecule has 41 heavy (non-hydrogen) atoms. The van der Waals surface area contributed by atoms with Crippen molar-refractivity contribution in [1.29, 1.82) is 0 Å². The van der Waals surface area contributed by atoms with Crippen LogP contribution in [0.15, 0.2) is 48.7 Å². The molecule has 2 aliphatic heterocycles. The van der Waals surface area contributed by atoms with E-state index in [0.29, 0.717) is 47.2 Å². The zero-order valence-electron chi connectivity index (χ0n) is 24.0. The van der Waals surface area contributed by atoms with Gasteiger partial charge in [-0.05, 0) is 76.9 Å². The molecule has 2 aromatic carbocycles. The number of amides is 1. The quantitative estimate of drug-likeness (QED) is 0.261. The van der Waals surface area contributed by atoms with E-state index in [-0.39, 0.29) is 5.91 Å². The Morgan fingerprint density at radius 3 is 2.54 bits per heavy atom. The molecule has 10 heteroatoms. The highest BCUT2D eigenvalue weighted by Gasteiger charge is 2.26. The van der Waals surface area contributed by atoms with Gasteiger partial charge in [-0.2, -0.15) is 4.98 Å². The van der Waals surface area contributed by atoms with Crippen molar-refractivity contribution in [2.45, 2.75) is 52.0 Å². The Balaban J connectivity index is 1.29. The first-order valence-electron chi connectivity index (χ1n) is 14.7. The number of hydrogen-bond acceptors (Lipinski definition) is 8. The minimum absolute atomic E-state index is 0.170. The highest BCUT2D eigenvalue weighted by atomic mass is 35.5. The molecule has 0 bridgehead atoms. The number of carbonyl (C=O) groups is 1. The third-order valence-electron chi connectivity index (χ3n) is 7.75. The van der Waals surface area contributed by atoms with Crippen molar-refractivity contribution in [3.05, 3.63) is 59.2 Å². The van der Waals surface area contributed by atoms with Gasteiger partial charge >= 0.3 is 0 Å². The fourth-order valence-corrected chi connectivity index (χ4v) is 5.81. The van der Waals surface area contributed by atoms with Crippen LogP contribution in [0.4, 0.5) is 28.8 Å². The van der Waals surface area contributed by atoms with Crippen molar-refractivity contribution >= 4 is 46.3 Å².